The van der Waals surface area contributed by atoms with E-state index in [9.17, 15) is 8.42 Å². The van der Waals surface area contributed by atoms with E-state index in [0.717, 1.165) is 11.8 Å². The summed E-state index contributed by atoms with van der Waals surface area (Å²) in [6, 6.07) is 9.46. The van der Waals surface area contributed by atoms with Crippen molar-refractivity contribution in [2.24, 2.45) is 5.92 Å². The zero-order valence-corrected chi connectivity index (χ0v) is 14.9. The first-order valence-electron chi connectivity index (χ1n) is 6.54. The molecule has 22 heavy (non-hydrogen) atoms. The lowest BCUT2D eigenvalue weighted by atomic mass is 9.94. The maximum absolute atomic E-state index is 11.5. The van der Waals surface area contributed by atoms with Gasteiger partial charge in [-0.2, -0.15) is 8.42 Å². The molecule has 0 fully saturated rings. The topological polar surface area (TPSA) is 61.8 Å². The van der Waals surface area contributed by atoms with Crippen LogP contribution < -0.4 is 0 Å². The van der Waals surface area contributed by atoms with E-state index in [1.165, 1.54) is 14.2 Å². The monoisotopic (exact) mass is 370 g/mol. The van der Waals surface area contributed by atoms with Gasteiger partial charge in [-0.25, -0.2) is 0 Å². The van der Waals surface area contributed by atoms with Gasteiger partial charge >= 0.3 is 0 Å². The highest BCUT2D eigenvalue weighted by atomic mass is 35.5. The Morgan fingerprint density at radius 2 is 1.64 bits per heavy atom. The summed E-state index contributed by atoms with van der Waals surface area (Å²) in [4.78, 5) is -1.06. The van der Waals surface area contributed by atoms with Crippen molar-refractivity contribution in [1.29, 1.82) is 0 Å². The standard InChI is InChI=1S/C14H20Cl2O5S/c1-19-14(20-2)11(9-10-7-5-4-6-8-10)12(13(15)16)21-22(3,17)18/h4-8,11-14H,9H2,1-3H3/t11-,12+/m0/s1. The van der Waals surface area contributed by atoms with Crippen molar-refractivity contribution in [2.45, 2.75) is 23.7 Å². The molecule has 0 saturated carbocycles. The van der Waals surface area contributed by atoms with E-state index in [-0.39, 0.29) is 0 Å². The third-order valence-corrected chi connectivity index (χ3v) is 4.15. The van der Waals surface area contributed by atoms with E-state index in [4.69, 9.17) is 36.9 Å². The normalized spacial score (nSPS) is 15.2. The van der Waals surface area contributed by atoms with Crippen LogP contribution in [0.4, 0.5) is 0 Å². The molecule has 0 N–H and O–H groups in total. The Morgan fingerprint density at radius 1 is 1.09 bits per heavy atom. The fraction of sp³-hybridized carbons (Fsp3) is 0.571. The summed E-state index contributed by atoms with van der Waals surface area (Å²) in [6.07, 6.45) is -0.330. The van der Waals surface area contributed by atoms with Crippen molar-refractivity contribution in [3.63, 3.8) is 0 Å². The van der Waals surface area contributed by atoms with Crippen molar-refractivity contribution in [1.82, 2.24) is 0 Å². The molecule has 0 heterocycles. The van der Waals surface area contributed by atoms with Gasteiger partial charge in [-0.1, -0.05) is 30.3 Å². The molecule has 126 valence electrons. The highest BCUT2D eigenvalue weighted by molar-refractivity contribution is 7.86. The summed E-state index contributed by atoms with van der Waals surface area (Å²) in [7, 11) is -0.817. The van der Waals surface area contributed by atoms with Crippen molar-refractivity contribution in [2.75, 3.05) is 20.5 Å². The van der Waals surface area contributed by atoms with Crippen LogP contribution in [0, 0.1) is 5.92 Å². The molecule has 0 radical (unpaired) electrons. The van der Waals surface area contributed by atoms with E-state index in [1.54, 1.807) is 0 Å². The quantitative estimate of drug-likeness (QED) is 0.379. The highest BCUT2D eigenvalue weighted by Gasteiger charge is 2.37. The Balaban J connectivity index is 3.10. The van der Waals surface area contributed by atoms with Crippen molar-refractivity contribution < 1.29 is 22.1 Å². The van der Waals surface area contributed by atoms with Crippen molar-refractivity contribution in [3.8, 4) is 0 Å². The van der Waals surface area contributed by atoms with Crippen LogP contribution in [0.15, 0.2) is 30.3 Å². The molecule has 2 atom stereocenters. The first-order valence-corrected chi connectivity index (χ1v) is 9.23. The molecule has 0 aromatic heterocycles. The van der Waals surface area contributed by atoms with Crippen LogP contribution in [0.1, 0.15) is 5.56 Å². The van der Waals surface area contributed by atoms with Crippen LogP contribution in [0.3, 0.4) is 0 Å². The zero-order valence-electron chi connectivity index (χ0n) is 12.6. The molecule has 1 aromatic rings. The summed E-state index contributed by atoms with van der Waals surface area (Å²) >= 11 is 11.9. The SMILES string of the molecule is COC(OC)[C@@H](Cc1ccccc1)[C@@H](OS(C)(=O)=O)C(Cl)Cl. The lowest BCUT2D eigenvalue weighted by Crippen LogP contribution is -2.42. The van der Waals surface area contributed by atoms with Gasteiger partial charge in [-0.3, -0.25) is 4.18 Å². The highest BCUT2D eigenvalue weighted by Crippen LogP contribution is 2.28. The minimum atomic E-state index is -3.74. The maximum atomic E-state index is 11.5. The third-order valence-electron chi connectivity index (χ3n) is 3.08. The molecule has 1 rings (SSSR count). The van der Waals surface area contributed by atoms with Gasteiger partial charge in [0.15, 0.2) is 6.29 Å². The summed E-state index contributed by atoms with van der Waals surface area (Å²) in [5.41, 5.74) is 0.961. The minimum absolute atomic E-state index is 0.434. The Labute approximate surface area is 141 Å². The maximum Gasteiger partial charge on any atom is 0.264 e. The average molecular weight is 371 g/mol. The van der Waals surface area contributed by atoms with Gasteiger partial charge in [0.05, 0.1) is 6.26 Å². The first-order chi connectivity index (χ1) is 10.3. The number of benzene rings is 1. The molecular weight excluding hydrogens is 351 g/mol. The molecule has 0 amide bonds. The lowest BCUT2D eigenvalue weighted by molar-refractivity contribution is -0.155. The first kappa shape index (κ1) is 19.7. The van der Waals surface area contributed by atoms with E-state index in [1.807, 2.05) is 30.3 Å². The van der Waals surface area contributed by atoms with E-state index < -0.39 is 33.3 Å². The van der Waals surface area contributed by atoms with Crippen LogP contribution in [-0.2, 0) is 30.2 Å². The summed E-state index contributed by atoms with van der Waals surface area (Å²) in [5.74, 6) is -0.507. The van der Waals surface area contributed by atoms with Gasteiger partial charge in [-0.15, -0.1) is 23.2 Å². The van der Waals surface area contributed by atoms with Gasteiger partial charge in [-0.05, 0) is 12.0 Å². The molecule has 8 heteroatoms. The third kappa shape index (κ3) is 6.40. The Morgan fingerprint density at radius 3 is 2.05 bits per heavy atom. The zero-order chi connectivity index (χ0) is 16.8. The molecule has 0 bridgehead atoms. The summed E-state index contributed by atoms with van der Waals surface area (Å²) in [5, 5.41) is 0. The van der Waals surface area contributed by atoms with Gasteiger partial charge < -0.3 is 9.47 Å². The molecule has 0 aliphatic rings. The van der Waals surface area contributed by atoms with Gasteiger partial charge in [0.1, 0.15) is 10.9 Å². The van der Waals surface area contributed by atoms with Crippen LogP contribution in [-0.4, -0.2) is 46.1 Å². The molecule has 0 aliphatic carbocycles. The predicted octanol–water partition coefficient (Wildman–Crippen LogP) is 2.61. The second-order valence-electron chi connectivity index (χ2n) is 4.79. The van der Waals surface area contributed by atoms with Crippen molar-refractivity contribution in [3.05, 3.63) is 35.9 Å². The average Bonchev–Trinajstić information content (AvgIpc) is 2.45. The van der Waals surface area contributed by atoms with Crippen LogP contribution in [0.25, 0.3) is 0 Å². The Kier molecular flexibility index (Phi) is 8.10. The van der Waals surface area contributed by atoms with E-state index in [0.29, 0.717) is 6.42 Å². The van der Waals surface area contributed by atoms with Gasteiger partial charge in [0.25, 0.3) is 10.1 Å². The number of halogens is 2. The van der Waals surface area contributed by atoms with Gasteiger partial charge in [0, 0.05) is 20.1 Å². The van der Waals surface area contributed by atoms with Crippen LogP contribution >= 0.6 is 23.2 Å². The number of hydrogen-bond donors (Lipinski definition) is 0. The molecule has 0 saturated heterocycles. The van der Waals surface area contributed by atoms with E-state index >= 15 is 0 Å². The Bertz CT molecular complexity index is 531. The largest absolute Gasteiger partial charge is 0.356 e. The molecule has 1 aromatic carbocycles. The molecular formula is C14H20Cl2O5S. The number of rotatable bonds is 9. The van der Waals surface area contributed by atoms with Crippen LogP contribution in [0.5, 0.6) is 0 Å². The number of ether oxygens (including phenoxy) is 2. The molecule has 5 nitrogen and oxygen atoms in total. The molecule has 0 spiro atoms. The number of hydrogen-bond acceptors (Lipinski definition) is 5. The second-order valence-corrected chi connectivity index (χ2v) is 7.56. The molecule has 0 unspecified atom stereocenters. The smallest absolute Gasteiger partial charge is 0.264 e. The summed E-state index contributed by atoms with van der Waals surface area (Å²) < 4.78 is 38.6. The lowest BCUT2D eigenvalue weighted by Gasteiger charge is -2.32. The predicted molar refractivity (Wildman–Crippen MR) is 86.7 cm³/mol. The fourth-order valence-corrected chi connectivity index (χ4v) is 3.46. The minimum Gasteiger partial charge on any atom is -0.356 e. The second kappa shape index (κ2) is 9.05. The summed E-state index contributed by atoms with van der Waals surface area (Å²) in [6.45, 7) is 0. The number of alkyl halides is 2. The van der Waals surface area contributed by atoms with Crippen LogP contribution in [0.2, 0.25) is 0 Å². The van der Waals surface area contributed by atoms with Gasteiger partial charge in [0.2, 0.25) is 0 Å². The van der Waals surface area contributed by atoms with Crippen molar-refractivity contribution >= 4 is 33.3 Å². The van der Waals surface area contributed by atoms with E-state index in [2.05, 4.69) is 0 Å². The number of methoxy groups -OCH3 is 2. The fourth-order valence-electron chi connectivity index (χ4n) is 2.20. The molecule has 0 aliphatic heterocycles. The Hall–Kier alpha value is -0.370.